The topological polar surface area (TPSA) is 148 Å². The molecule has 1 aromatic heterocycles. The zero-order valence-corrected chi connectivity index (χ0v) is 28.0. The number of aromatic nitrogens is 2. The van der Waals surface area contributed by atoms with E-state index in [2.05, 4.69) is 16.0 Å². The van der Waals surface area contributed by atoms with E-state index in [0.717, 1.165) is 0 Å². The Bertz CT molecular complexity index is 1060. The van der Waals surface area contributed by atoms with Gasteiger partial charge in [0.25, 0.3) is 0 Å². The van der Waals surface area contributed by atoms with Crippen LogP contribution in [0.25, 0.3) is 0 Å². The van der Waals surface area contributed by atoms with Crippen molar-refractivity contribution >= 4 is 30.9 Å². The molecule has 16 heteroatoms. The lowest BCUT2D eigenvalue weighted by molar-refractivity contribution is -0.671. The highest BCUT2D eigenvalue weighted by molar-refractivity contribution is 6.50. The van der Waals surface area contributed by atoms with Crippen LogP contribution in [0.5, 0.6) is 0 Å². The van der Waals surface area contributed by atoms with Crippen molar-refractivity contribution in [3.05, 3.63) is 18.7 Å². The van der Waals surface area contributed by atoms with Crippen LogP contribution in [0, 0.1) is 23.7 Å². The number of carbonyl (C=O) groups is 4. The maximum absolute atomic E-state index is 13.4. The molecule has 0 aliphatic rings. The first-order chi connectivity index (χ1) is 20.6. The molecule has 0 aromatic carbocycles. The highest BCUT2D eigenvalue weighted by Crippen LogP contribution is 2.12. The predicted molar refractivity (Wildman–Crippen MR) is 164 cm³/mol. The Balaban J connectivity index is 0.00000356. The summed E-state index contributed by atoms with van der Waals surface area (Å²) in [6.45, 7) is 16.0. The van der Waals surface area contributed by atoms with Gasteiger partial charge in [-0.1, -0.05) is 55.4 Å². The molecule has 1 heterocycles. The van der Waals surface area contributed by atoms with Gasteiger partial charge in [0.15, 0.2) is 0 Å². The number of amides is 3. The molecule has 0 spiro atoms. The molecule has 0 aliphatic carbocycles. The third-order valence-corrected chi connectivity index (χ3v) is 6.37. The number of aryl methyl sites for hydroxylation is 1. The molecule has 5 N–H and O–H groups in total. The first-order valence-electron chi connectivity index (χ1n) is 15.3. The Hall–Kier alpha value is -3.17. The average molecular weight is 653 g/mol. The molecule has 0 aliphatic heterocycles. The molecule has 1 rings (SSSR count). The van der Waals surface area contributed by atoms with Crippen molar-refractivity contribution in [2.45, 2.75) is 105 Å². The number of nitrogens with two attached hydrogens (primary N) is 1. The van der Waals surface area contributed by atoms with Gasteiger partial charge < -0.3 is 43.7 Å². The molecular formula is C29H53BF4N6O5. The Morgan fingerprint density at radius 1 is 0.800 bits per heavy atom. The molecule has 0 saturated carbocycles. The van der Waals surface area contributed by atoms with E-state index < -0.39 is 55.1 Å². The van der Waals surface area contributed by atoms with Gasteiger partial charge in [-0.3, -0.25) is 14.4 Å². The lowest BCUT2D eigenvalue weighted by Crippen LogP contribution is -2.58. The van der Waals surface area contributed by atoms with Crippen molar-refractivity contribution in [3.8, 4) is 0 Å². The molecule has 45 heavy (non-hydrogen) atoms. The first kappa shape index (κ1) is 41.8. The molecule has 0 fully saturated rings. The van der Waals surface area contributed by atoms with Gasteiger partial charge in [-0.25, -0.2) is 13.9 Å². The van der Waals surface area contributed by atoms with Gasteiger partial charge in [-0.15, -0.1) is 0 Å². The summed E-state index contributed by atoms with van der Waals surface area (Å²) in [6.07, 6.45) is 6.92. The van der Waals surface area contributed by atoms with Gasteiger partial charge in [-0.05, 0) is 42.9 Å². The van der Waals surface area contributed by atoms with Crippen LogP contribution in [0.15, 0.2) is 18.7 Å². The maximum atomic E-state index is 13.4. The van der Waals surface area contributed by atoms with Gasteiger partial charge in [0, 0.05) is 0 Å². The molecule has 4 atom stereocenters. The summed E-state index contributed by atoms with van der Waals surface area (Å²) in [4.78, 5) is 52.3. The molecule has 0 radical (unpaired) electrons. The molecule has 260 valence electrons. The molecule has 11 nitrogen and oxygen atoms in total. The monoisotopic (exact) mass is 652 g/mol. The quantitative estimate of drug-likeness (QED) is 0.0881. The zero-order valence-electron chi connectivity index (χ0n) is 28.0. The number of nitrogens with zero attached hydrogens (tertiary/aromatic N) is 2. The average Bonchev–Trinajstić information content (AvgIpc) is 3.28. The lowest BCUT2D eigenvalue weighted by Gasteiger charge is -2.28. The number of ether oxygens (including phenoxy) is 1. The lowest BCUT2D eigenvalue weighted by atomic mass is 9.98. The number of hydrogen-bond donors (Lipinski definition) is 4. The number of esters is 1. The Labute approximate surface area is 264 Å². The molecule has 0 saturated heterocycles. The maximum Gasteiger partial charge on any atom is 0.673 e. The van der Waals surface area contributed by atoms with Crippen LogP contribution in [0.3, 0.4) is 0 Å². The normalized spacial score (nSPS) is 14.4. The van der Waals surface area contributed by atoms with Crippen molar-refractivity contribution in [1.29, 1.82) is 0 Å². The zero-order chi connectivity index (χ0) is 35.1. The van der Waals surface area contributed by atoms with E-state index in [1.54, 1.807) is 0 Å². The second-order valence-corrected chi connectivity index (χ2v) is 12.8. The number of nitrogens with one attached hydrogen (secondary N) is 3. The van der Waals surface area contributed by atoms with E-state index in [-0.39, 0.29) is 30.3 Å². The number of halogens is 4. The van der Waals surface area contributed by atoms with Crippen LogP contribution in [0.2, 0.25) is 0 Å². The summed E-state index contributed by atoms with van der Waals surface area (Å²) in [5.41, 5.74) is 6.03. The second kappa shape index (κ2) is 20.1. The highest BCUT2D eigenvalue weighted by atomic mass is 19.5. The van der Waals surface area contributed by atoms with Gasteiger partial charge in [0.05, 0.1) is 13.1 Å². The van der Waals surface area contributed by atoms with Gasteiger partial charge >= 0.3 is 13.2 Å². The van der Waals surface area contributed by atoms with Crippen LogP contribution >= 0.6 is 0 Å². The number of imidazole rings is 1. The first-order valence-corrected chi connectivity index (χ1v) is 15.3. The third-order valence-electron chi connectivity index (χ3n) is 6.37. The summed E-state index contributed by atoms with van der Waals surface area (Å²) in [5, 5.41) is 8.38. The largest absolute Gasteiger partial charge is 0.673 e. The Kier molecular flexibility index (Phi) is 18.6. The van der Waals surface area contributed by atoms with Crippen molar-refractivity contribution < 1.29 is 45.7 Å². The summed E-state index contributed by atoms with van der Waals surface area (Å²) < 4.78 is 48.3. The summed E-state index contributed by atoms with van der Waals surface area (Å²) in [6, 6.07) is -3.33. The van der Waals surface area contributed by atoms with E-state index in [1.807, 2.05) is 90.3 Å². The molecule has 0 unspecified atom stereocenters. The number of rotatable bonds is 17. The smallest absolute Gasteiger partial charge is 0.460 e. The fourth-order valence-corrected chi connectivity index (χ4v) is 4.32. The SMILES string of the molecule is CC(C)C[C@H](NC(=O)[C@@H](N)CC(C)C)C(=O)N[C@H](C(=O)N[C@@H](CC(C)C)C(=O)OCCn1cc[n+](C)c1)C(C)C.F[B-](F)(F)F. The fourth-order valence-electron chi connectivity index (χ4n) is 4.32. The van der Waals surface area contributed by atoms with Crippen LogP contribution in [-0.2, 0) is 37.5 Å². The summed E-state index contributed by atoms with van der Waals surface area (Å²) in [7, 11) is -4.10. The summed E-state index contributed by atoms with van der Waals surface area (Å²) >= 11 is 0. The molecular weight excluding hydrogens is 599 g/mol. The van der Waals surface area contributed by atoms with E-state index in [0.29, 0.717) is 25.8 Å². The highest BCUT2D eigenvalue weighted by Gasteiger charge is 2.33. The minimum absolute atomic E-state index is 0.114. The van der Waals surface area contributed by atoms with Crippen LogP contribution < -0.4 is 26.3 Å². The second-order valence-electron chi connectivity index (χ2n) is 12.8. The van der Waals surface area contributed by atoms with Crippen molar-refractivity contribution in [1.82, 2.24) is 20.5 Å². The van der Waals surface area contributed by atoms with Crippen molar-refractivity contribution in [2.75, 3.05) is 6.61 Å². The van der Waals surface area contributed by atoms with E-state index in [4.69, 9.17) is 10.5 Å². The van der Waals surface area contributed by atoms with Gasteiger partial charge in [0.1, 0.15) is 43.7 Å². The summed E-state index contributed by atoms with van der Waals surface area (Å²) in [5.74, 6) is -1.66. The number of hydrogen-bond acceptors (Lipinski definition) is 6. The van der Waals surface area contributed by atoms with E-state index in [9.17, 15) is 36.4 Å². The number of carbonyl (C=O) groups excluding carboxylic acids is 4. The van der Waals surface area contributed by atoms with Crippen LogP contribution in [0.1, 0.15) is 74.7 Å². The van der Waals surface area contributed by atoms with E-state index >= 15 is 0 Å². The predicted octanol–water partition coefficient (Wildman–Crippen LogP) is 2.73. The Morgan fingerprint density at radius 2 is 1.29 bits per heavy atom. The van der Waals surface area contributed by atoms with Crippen LogP contribution in [0.4, 0.5) is 17.3 Å². The van der Waals surface area contributed by atoms with Crippen LogP contribution in [-0.4, -0.2) is 66.3 Å². The molecule has 1 aromatic rings. The Morgan fingerprint density at radius 3 is 1.73 bits per heavy atom. The molecule has 3 amide bonds. The van der Waals surface area contributed by atoms with Gasteiger partial charge in [0.2, 0.25) is 24.0 Å². The standard InChI is InChI=1S/C29H52N6O5.BF4/c1-18(2)14-22(30)26(36)31-23(15-19(3)4)27(37)33-25(21(7)8)28(38)32-24(16-20(5)6)29(39)40-13-12-35-11-10-34(9)17-35;2-1(3,4)5/h10-11,17-25H,12-16,30H2,1-9H3,(H2-,31,32,33,36,37,38);/q;-1/p+1/t22-,23-,24-,25-;/m0./s1. The minimum Gasteiger partial charge on any atom is -0.460 e. The van der Waals surface area contributed by atoms with E-state index in [1.165, 1.54) is 0 Å². The van der Waals surface area contributed by atoms with Crippen molar-refractivity contribution in [3.63, 3.8) is 0 Å². The molecule has 0 bridgehead atoms. The minimum atomic E-state index is -6.00. The van der Waals surface area contributed by atoms with Gasteiger partial charge in [-0.2, -0.15) is 0 Å². The van der Waals surface area contributed by atoms with Crippen molar-refractivity contribution in [2.24, 2.45) is 36.5 Å². The fraction of sp³-hybridized carbons (Fsp3) is 0.759. The third kappa shape index (κ3) is 19.8.